The normalized spacial score (nSPS) is 10.3. The summed E-state index contributed by atoms with van der Waals surface area (Å²) in [5, 5.41) is 6.72. The van der Waals surface area contributed by atoms with Crippen molar-refractivity contribution in [2.75, 3.05) is 11.9 Å². The van der Waals surface area contributed by atoms with Crippen molar-refractivity contribution in [2.24, 2.45) is 0 Å². The Labute approximate surface area is 127 Å². The second-order valence-corrected chi connectivity index (χ2v) is 5.04. The molecule has 2 N–H and O–H groups in total. The van der Waals surface area contributed by atoms with E-state index in [0.29, 0.717) is 22.3 Å². The molecule has 2 aromatic rings. The average Bonchev–Trinajstić information content (AvgIpc) is 2.38. The molecule has 0 fully saturated rings. The molecule has 4 nitrogen and oxygen atoms in total. The van der Waals surface area contributed by atoms with E-state index in [0.717, 1.165) is 5.56 Å². The van der Waals surface area contributed by atoms with Crippen LogP contribution in [0.3, 0.4) is 0 Å². The molecule has 1 heterocycles. The highest BCUT2D eigenvalue weighted by Gasteiger charge is 2.04. The van der Waals surface area contributed by atoms with Gasteiger partial charge in [-0.25, -0.2) is 0 Å². The van der Waals surface area contributed by atoms with E-state index in [1.807, 2.05) is 12.1 Å². The van der Waals surface area contributed by atoms with E-state index in [-0.39, 0.29) is 12.5 Å². The summed E-state index contributed by atoms with van der Waals surface area (Å²) in [5.74, 6) is -0.160. The smallest absolute Gasteiger partial charge is 0.238 e. The second-order valence-electron chi connectivity index (χ2n) is 4.17. The van der Waals surface area contributed by atoms with Crippen molar-refractivity contribution < 1.29 is 4.79 Å². The highest BCUT2D eigenvalue weighted by atomic mass is 35.5. The number of halogens is 2. The number of pyridine rings is 1. The van der Waals surface area contributed by atoms with E-state index in [1.165, 1.54) is 0 Å². The number of nitrogens with zero attached hydrogens (tertiary/aromatic N) is 1. The molecule has 0 spiro atoms. The van der Waals surface area contributed by atoms with Crippen LogP contribution in [0.15, 0.2) is 42.7 Å². The van der Waals surface area contributed by atoms with Gasteiger partial charge in [-0.05, 0) is 29.8 Å². The molecule has 1 aromatic carbocycles. The number of rotatable bonds is 5. The average molecular weight is 310 g/mol. The van der Waals surface area contributed by atoms with Gasteiger partial charge in [-0.2, -0.15) is 0 Å². The molecule has 0 aliphatic heterocycles. The number of nitrogens with one attached hydrogen (secondary N) is 2. The fourth-order valence-electron chi connectivity index (χ4n) is 1.65. The van der Waals surface area contributed by atoms with E-state index in [4.69, 9.17) is 23.2 Å². The lowest BCUT2D eigenvalue weighted by Crippen LogP contribution is -2.27. The third-order valence-electron chi connectivity index (χ3n) is 2.48. The summed E-state index contributed by atoms with van der Waals surface area (Å²) >= 11 is 11.7. The minimum absolute atomic E-state index is 0.160. The van der Waals surface area contributed by atoms with E-state index < -0.39 is 0 Å². The summed E-state index contributed by atoms with van der Waals surface area (Å²) in [6.45, 7) is 0.774. The Morgan fingerprint density at radius 3 is 2.60 bits per heavy atom. The first-order valence-electron chi connectivity index (χ1n) is 5.99. The van der Waals surface area contributed by atoms with Gasteiger partial charge in [0.1, 0.15) is 0 Å². The van der Waals surface area contributed by atoms with Crippen LogP contribution in [0.5, 0.6) is 0 Å². The molecule has 20 heavy (non-hydrogen) atoms. The number of amides is 1. The molecule has 0 unspecified atom stereocenters. The highest BCUT2D eigenvalue weighted by molar-refractivity contribution is 6.35. The minimum Gasteiger partial charge on any atom is -0.325 e. The Balaban J connectivity index is 1.81. The van der Waals surface area contributed by atoms with Crippen molar-refractivity contribution >= 4 is 34.8 Å². The summed E-state index contributed by atoms with van der Waals surface area (Å²) < 4.78 is 0. The summed E-state index contributed by atoms with van der Waals surface area (Å²) in [5.41, 5.74) is 1.60. The van der Waals surface area contributed by atoms with Crippen molar-refractivity contribution in [3.8, 4) is 0 Å². The van der Waals surface area contributed by atoms with Crippen molar-refractivity contribution in [1.29, 1.82) is 0 Å². The fourth-order valence-corrected chi connectivity index (χ4v) is 2.18. The van der Waals surface area contributed by atoms with Gasteiger partial charge < -0.3 is 10.6 Å². The zero-order valence-electron chi connectivity index (χ0n) is 10.6. The number of hydrogen-bond acceptors (Lipinski definition) is 3. The first-order chi connectivity index (χ1) is 9.63. The Morgan fingerprint density at radius 1 is 1.20 bits per heavy atom. The molecule has 0 saturated carbocycles. The molecule has 6 heteroatoms. The molecular weight excluding hydrogens is 297 g/mol. The van der Waals surface area contributed by atoms with Gasteiger partial charge in [0.25, 0.3) is 0 Å². The van der Waals surface area contributed by atoms with Crippen LogP contribution in [-0.2, 0) is 11.3 Å². The maximum absolute atomic E-state index is 11.7. The van der Waals surface area contributed by atoms with Crippen LogP contribution in [-0.4, -0.2) is 17.4 Å². The standard InChI is InChI=1S/C14H13Cl2N3O/c15-11-4-12(16)6-13(5-11)19-14(20)9-18-8-10-2-1-3-17-7-10/h1-7,18H,8-9H2,(H,19,20). The van der Waals surface area contributed by atoms with Crippen molar-refractivity contribution in [2.45, 2.75) is 6.54 Å². The molecule has 0 saturated heterocycles. The Morgan fingerprint density at radius 2 is 1.95 bits per heavy atom. The zero-order valence-corrected chi connectivity index (χ0v) is 12.1. The lowest BCUT2D eigenvalue weighted by molar-refractivity contribution is -0.115. The molecule has 104 valence electrons. The first kappa shape index (κ1) is 14.8. The topological polar surface area (TPSA) is 54.0 Å². The summed E-state index contributed by atoms with van der Waals surface area (Å²) in [7, 11) is 0. The van der Waals surface area contributed by atoms with E-state index in [2.05, 4.69) is 15.6 Å². The van der Waals surface area contributed by atoms with Crippen LogP contribution < -0.4 is 10.6 Å². The van der Waals surface area contributed by atoms with Gasteiger partial charge >= 0.3 is 0 Å². The maximum Gasteiger partial charge on any atom is 0.238 e. The molecule has 1 aromatic heterocycles. The monoisotopic (exact) mass is 309 g/mol. The molecular formula is C14H13Cl2N3O. The summed E-state index contributed by atoms with van der Waals surface area (Å²) in [4.78, 5) is 15.7. The lowest BCUT2D eigenvalue weighted by atomic mass is 10.3. The number of benzene rings is 1. The molecule has 0 bridgehead atoms. The fraction of sp³-hybridized carbons (Fsp3) is 0.143. The number of hydrogen-bond donors (Lipinski definition) is 2. The predicted octanol–water partition coefficient (Wildman–Crippen LogP) is 3.12. The van der Waals surface area contributed by atoms with Crippen LogP contribution in [0, 0.1) is 0 Å². The van der Waals surface area contributed by atoms with Crippen LogP contribution in [0.25, 0.3) is 0 Å². The van der Waals surface area contributed by atoms with Crippen LogP contribution in [0.2, 0.25) is 10.0 Å². The largest absolute Gasteiger partial charge is 0.325 e. The predicted molar refractivity (Wildman–Crippen MR) is 81.0 cm³/mol. The molecule has 0 atom stereocenters. The maximum atomic E-state index is 11.7. The summed E-state index contributed by atoms with van der Waals surface area (Å²) in [6, 6.07) is 8.69. The molecule has 1 amide bonds. The van der Waals surface area contributed by atoms with Crippen LogP contribution >= 0.6 is 23.2 Å². The van der Waals surface area contributed by atoms with Gasteiger partial charge in [0.05, 0.1) is 6.54 Å². The van der Waals surface area contributed by atoms with Gasteiger partial charge in [0.2, 0.25) is 5.91 Å². The van der Waals surface area contributed by atoms with Gasteiger partial charge in [0, 0.05) is 34.7 Å². The van der Waals surface area contributed by atoms with E-state index >= 15 is 0 Å². The van der Waals surface area contributed by atoms with Gasteiger partial charge in [-0.1, -0.05) is 29.3 Å². The highest BCUT2D eigenvalue weighted by Crippen LogP contribution is 2.22. The van der Waals surface area contributed by atoms with Crippen LogP contribution in [0.1, 0.15) is 5.56 Å². The summed E-state index contributed by atoms with van der Waals surface area (Å²) in [6.07, 6.45) is 3.46. The van der Waals surface area contributed by atoms with Crippen molar-refractivity contribution in [3.05, 3.63) is 58.3 Å². The lowest BCUT2D eigenvalue weighted by Gasteiger charge is -2.07. The van der Waals surface area contributed by atoms with Crippen LogP contribution in [0.4, 0.5) is 5.69 Å². The Hall–Kier alpha value is -1.62. The quantitative estimate of drug-likeness (QED) is 0.892. The molecule has 0 aliphatic carbocycles. The molecule has 0 aliphatic rings. The van der Waals surface area contributed by atoms with E-state index in [1.54, 1.807) is 30.6 Å². The van der Waals surface area contributed by atoms with Gasteiger partial charge in [-0.15, -0.1) is 0 Å². The minimum atomic E-state index is -0.160. The van der Waals surface area contributed by atoms with E-state index in [9.17, 15) is 4.79 Å². The third-order valence-corrected chi connectivity index (χ3v) is 2.92. The zero-order chi connectivity index (χ0) is 14.4. The Bertz CT molecular complexity index is 570. The number of carbonyl (C=O) groups excluding carboxylic acids is 1. The molecule has 2 rings (SSSR count). The third kappa shape index (κ3) is 4.81. The number of carbonyl (C=O) groups is 1. The first-order valence-corrected chi connectivity index (χ1v) is 6.74. The Kier molecular flexibility index (Phi) is 5.35. The van der Waals surface area contributed by atoms with Gasteiger partial charge in [-0.3, -0.25) is 9.78 Å². The second kappa shape index (κ2) is 7.24. The SMILES string of the molecule is O=C(CNCc1cccnc1)Nc1cc(Cl)cc(Cl)c1. The number of anilines is 1. The number of aromatic nitrogens is 1. The van der Waals surface area contributed by atoms with Crippen molar-refractivity contribution in [1.82, 2.24) is 10.3 Å². The van der Waals surface area contributed by atoms with Gasteiger partial charge in [0.15, 0.2) is 0 Å². The molecule has 0 radical (unpaired) electrons. The van der Waals surface area contributed by atoms with Crippen molar-refractivity contribution in [3.63, 3.8) is 0 Å².